The molecule has 4 nitrogen and oxygen atoms in total. The molecule has 0 radical (unpaired) electrons. The Morgan fingerprint density at radius 3 is 2.70 bits per heavy atom. The molecular weight excluding hydrogens is 377 g/mol. The molecule has 0 aliphatic carbocycles. The van der Waals surface area contributed by atoms with Crippen molar-refractivity contribution in [3.8, 4) is 10.6 Å². The Bertz CT molecular complexity index is 648. The molecule has 1 aliphatic heterocycles. The topological polar surface area (TPSA) is 45.2 Å². The summed E-state index contributed by atoms with van der Waals surface area (Å²) >= 11 is 7.37. The molecule has 1 N–H and O–H groups in total. The lowest BCUT2D eigenvalue weighted by molar-refractivity contribution is 0.0704. The van der Waals surface area contributed by atoms with E-state index in [1.165, 1.54) is 11.3 Å². The molecule has 23 heavy (non-hydrogen) atoms. The van der Waals surface area contributed by atoms with Crippen LogP contribution in [0.1, 0.15) is 17.4 Å². The molecule has 8 heteroatoms. The summed E-state index contributed by atoms with van der Waals surface area (Å²) in [7, 11) is 0. The number of carbonyl (C=O) groups excluding carboxylic acids is 1. The normalized spacial score (nSPS) is 17.1. The largest absolute Gasteiger partial charge is 0.334 e. The summed E-state index contributed by atoms with van der Waals surface area (Å²) in [6.07, 6.45) is 0. The summed E-state index contributed by atoms with van der Waals surface area (Å²) in [5, 5.41) is 6.70. The fraction of sp³-hybridized carbons (Fsp3) is 0.333. The van der Waals surface area contributed by atoms with Gasteiger partial charge in [0.1, 0.15) is 10.7 Å². The second-order valence-electron chi connectivity index (χ2n) is 5.15. The maximum atomic E-state index is 12.5. The number of aromatic nitrogens is 1. The second-order valence-corrected chi connectivity index (χ2v) is 6.45. The highest BCUT2D eigenvalue weighted by Gasteiger charge is 2.23. The number of nitrogens with one attached hydrogen (secondary N) is 1. The van der Waals surface area contributed by atoms with Crippen LogP contribution < -0.4 is 5.32 Å². The van der Waals surface area contributed by atoms with Gasteiger partial charge in [-0.3, -0.25) is 4.79 Å². The van der Waals surface area contributed by atoms with E-state index in [0.717, 1.165) is 30.2 Å². The number of piperazine rings is 1. The van der Waals surface area contributed by atoms with E-state index in [2.05, 4.69) is 17.2 Å². The Kier molecular flexibility index (Phi) is 7.77. The third-order valence-electron chi connectivity index (χ3n) is 3.47. The van der Waals surface area contributed by atoms with Gasteiger partial charge in [-0.25, -0.2) is 4.98 Å². The lowest BCUT2D eigenvalue weighted by Crippen LogP contribution is -2.51. The van der Waals surface area contributed by atoms with Gasteiger partial charge in [0.25, 0.3) is 5.91 Å². The first-order valence-electron chi connectivity index (χ1n) is 6.87. The lowest BCUT2D eigenvalue weighted by atomic mass is 10.2. The molecule has 1 aliphatic rings. The van der Waals surface area contributed by atoms with Crippen molar-refractivity contribution in [2.45, 2.75) is 13.0 Å². The van der Waals surface area contributed by atoms with E-state index in [-0.39, 0.29) is 30.7 Å². The van der Waals surface area contributed by atoms with Crippen molar-refractivity contribution in [3.05, 3.63) is 40.4 Å². The van der Waals surface area contributed by atoms with Gasteiger partial charge in [0, 0.05) is 41.6 Å². The van der Waals surface area contributed by atoms with E-state index in [0.29, 0.717) is 16.8 Å². The van der Waals surface area contributed by atoms with Crippen molar-refractivity contribution in [2.75, 3.05) is 19.6 Å². The molecule has 1 amide bonds. The van der Waals surface area contributed by atoms with Crippen LogP contribution in [0, 0.1) is 0 Å². The van der Waals surface area contributed by atoms with Gasteiger partial charge < -0.3 is 10.2 Å². The Morgan fingerprint density at radius 2 is 2.04 bits per heavy atom. The van der Waals surface area contributed by atoms with Crippen molar-refractivity contribution in [1.29, 1.82) is 0 Å². The predicted octanol–water partition coefficient (Wildman–Crippen LogP) is 3.74. The lowest BCUT2D eigenvalue weighted by Gasteiger charge is -2.31. The van der Waals surface area contributed by atoms with Crippen molar-refractivity contribution >= 4 is 53.7 Å². The van der Waals surface area contributed by atoms with Crippen LogP contribution in [0.5, 0.6) is 0 Å². The van der Waals surface area contributed by atoms with Crippen LogP contribution in [0.25, 0.3) is 10.6 Å². The number of nitrogens with zero attached hydrogens (tertiary/aromatic N) is 2. The maximum Gasteiger partial charge on any atom is 0.273 e. The molecule has 1 atom stereocenters. The zero-order chi connectivity index (χ0) is 14.8. The fourth-order valence-corrected chi connectivity index (χ4v) is 3.30. The third kappa shape index (κ3) is 4.81. The minimum Gasteiger partial charge on any atom is -0.334 e. The first kappa shape index (κ1) is 20.2. The fourth-order valence-electron chi connectivity index (χ4n) is 2.38. The van der Waals surface area contributed by atoms with E-state index < -0.39 is 0 Å². The molecule has 0 saturated carbocycles. The average Bonchev–Trinajstić information content (AvgIpc) is 2.97. The summed E-state index contributed by atoms with van der Waals surface area (Å²) in [6.45, 7) is 4.38. The second kappa shape index (κ2) is 8.85. The molecule has 1 aromatic carbocycles. The van der Waals surface area contributed by atoms with Crippen molar-refractivity contribution in [2.24, 2.45) is 0 Å². The number of hydrogen-bond acceptors (Lipinski definition) is 4. The van der Waals surface area contributed by atoms with Crippen LogP contribution >= 0.6 is 47.8 Å². The molecule has 0 bridgehead atoms. The maximum absolute atomic E-state index is 12.5. The summed E-state index contributed by atoms with van der Waals surface area (Å²) in [5.41, 5.74) is 1.51. The van der Waals surface area contributed by atoms with Gasteiger partial charge in [-0.1, -0.05) is 23.7 Å². The standard InChI is InChI=1S/C15H16ClN3OS.2ClH/c1-10-8-19(7-6-17-10)15(20)13-9-21-14(18-13)11-2-4-12(16)5-3-11;;/h2-5,9-10,17H,6-8H2,1H3;2*1H. The number of carbonyl (C=O) groups is 1. The first-order valence-corrected chi connectivity index (χ1v) is 8.13. The van der Waals surface area contributed by atoms with Gasteiger partial charge >= 0.3 is 0 Å². The highest BCUT2D eigenvalue weighted by Crippen LogP contribution is 2.25. The third-order valence-corrected chi connectivity index (χ3v) is 4.61. The van der Waals surface area contributed by atoms with Crippen molar-refractivity contribution < 1.29 is 4.79 Å². The Balaban J connectivity index is 0.00000132. The zero-order valence-corrected chi connectivity index (χ0v) is 15.7. The number of halogens is 3. The highest BCUT2D eigenvalue weighted by atomic mass is 35.5. The van der Waals surface area contributed by atoms with Gasteiger partial charge in [-0.2, -0.15) is 0 Å². The highest BCUT2D eigenvalue weighted by molar-refractivity contribution is 7.13. The van der Waals surface area contributed by atoms with Crippen LogP contribution in [0.15, 0.2) is 29.6 Å². The minimum atomic E-state index is 0. The summed E-state index contributed by atoms with van der Waals surface area (Å²) in [4.78, 5) is 18.8. The molecule has 1 aromatic heterocycles. The molecule has 1 unspecified atom stereocenters. The number of hydrogen-bond donors (Lipinski definition) is 1. The number of thiazole rings is 1. The molecule has 2 aromatic rings. The van der Waals surface area contributed by atoms with Crippen LogP contribution in [0.3, 0.4) is 0 Å². The van der Waals surface area contributed by atoms with E-state index in [1.54, 1.807) is 0 Å². The van der Waals surface area contributed by atoms with E-state index in [9.17, 15) is 4.79 Å². The Morgan fingerprint density at radius 1 is 1.35 bits per heavy atom. The van der Waals surface area contributed by atoms with Gasteiger partial charge in [-0.15, -0.1) is 36.2 Å². The van der Waals surface area contributed by atoms with Crippen molar-refractivity contribution in [3.63, 3.8) is 0 Å². The summed E-state index contributed by atoms with van der Waals surface area (Å²) in [6, 6.07) is 7.83. The SMILES string of the molecule is CC1CN(C(=O)c2csc(-c3ccc(Cl)cc3)n2)CCN1.Cl.Cl. The molecule has 126 valence electrons. The van der Waals surface area contributed by atoms with E-state index in [4.69, 9.17) is 11.6 Å². The van der Waals surface area contributed by atoms with Gasteiger partial charge in [0.05, 0.1) is 0 Å². The number of benzene rings is 1. The molecule has 0 spiro atoms. The van der Waals surface area contributed by atoms with Gasteiger partial charge in [0.15, 0.2) is 0 Å². The summed E-state index contributed by atoms with van der Waals surface area (Å²) < 4.78 is 0. The van der Waals surface area contributed by atoms with Gasteiger partial charge in [0.2, 0.25) is 0 Å². The monoisotopic (exact) mass is 393 g/mol. The predicted molar refractivity (Wildman–Crippen MR) is 100 cm³/mol. The summed E-state index contributed by atoms with van der Waals surface area (Å²) in [5.74, 6) is 0.0137. The minimum absolute atomic E-state index is 0. The number of rotatable bonds is 2. The van der Waals surface area contributed by atoms with Crippen LogP contribution in [0.4, 0.5) is 0 Å². The number of amides is 1. The van der Waals surface area contributed by atoms with Gasteiger partial charge in [-0.05, 0) is 19.1 Å². The Hall–Kier alpha value is -0.850. The average molecular weight is 395 g/mol. The molecular formula is C15H18Cl3N3OS. The van der Waals surface area contributed by atoms with E-state index in [1.807, 2.05) is 34.5 Å². The quantitative estimate of drug-likeness (QED) is 0.844. The van der Waals surface area contributed by atoms with Crippen molar-refractivity contribution in [1.82, 2.24) is 15.2 Å². The van der Waals surface area contributed by atoms with Crippen LogP contribution in [-0.4, -0.2) is 41.5 Å². The van der Waals surface area contributed by atoms with Crippen LogP contribution in [0.2, 0.25) is 5.02 Å². The molecule has 2 heterocycles. The first-order chi connectivity index (χ1) is 10.1. The Labute approximate surface area is 157 Å². The molecule has 3 rings (SSSR count). The zero-order valence-electron chi connectivity index (χ0n) is 12.5. The molecule has 1 fully saturated rings. The molecule has 1 saturated heterocycles. The van der Waals surface area contributed by atoms with Crippen LogP contribution in [-0.2, 0) is 0 Å². The smallest absolute Gasteiger partial charge is 0.273 e. The van der Waals surface area contributed by atoms with E-state index >= 15 is 0 Å².